The third-order valence-electron chi connectivity index (χ3n) is 3.52. The van der Waals surface area contributed by atoms with E-state index >= 15 is 0 Å². The molecule has 0 unspecified atom stereocenters. The van der Waals surface area contributed by atoms with Crippen LogP contribution in [-0.2, 0) is 10.0 Å². The monoisotopic (exact) mass is 410 g/mol. The fraction of sp³-hybridized carbons (Fsp3) is 0.235. The average molecular weight is 411 g/mol. The van der Waals surface area contributed by atoms with Gasteiger partial charge in [-0.15, -0.1) is 0 Å². The van der Waals surface area contributed by atoms with Crippen molar-refractivity contribution in [3.63, 3.8) is 0 Å². The fourth-order valence-corrected chi connectivity index (χ4v) is 4.18. The first kappa shape index (κ1) is 18.6. The van der Waals surface area contributed by atoms with Crippen molar-refractivity contribution in [3.05, 3.63) is 58.6 Å². The van der Waals surface area contributed by atoms with E-state index in [0.717, 1.165) is 4.47 Å². The number of carbonyl (C=O) groups excluding carboxylic acids is 1. The Morgan fingerprint density at radius 1 is 1.08 bits per heavy atom. The topological polar surface area (TPSA) is 66.5 Å². The summed E-state index contributed by atoms with van der Waals surface area (Å²) < 4.78 is 27.3. The maximum atomic E-state index is 12.6. The maximum Gasteiger partial charge on any atom is 0.255 e. The Morgan fingerprint density at radius 3 is 2.38 bits per heavy atom. The second-order valence-corrected chi connectivity index (χ2v) is 7.94. The number of hydrogen-bond donors (Lipinski definition) is 1. The van der Waals surface area contributed by atoms with Crippen molar-refractivity contribution in [2.75, 3.05) is 18.4 Å². The van der Waals surface area contributed by atoms with Gasteiger partial charge >= 0.3 is 0 Å². The lowest BCUT2D eigenvalue weighted by molar-refractivity contribution is 0.102. The number of carbonyl (C=O) groups is 1. The largest absolute Gasteiger partial charge is 0.322 e. The molecular formula is C17H19BrN2O3S. The summed E-state index contributed by atoms with van der Waals surface area (Å²) in [5.41, 5.74) is 0.926. The minimum Gasteiger partial charge on any atom is -0.322 e. The molecule has 0 aliphatic carbocycles. The number of benzene rings is 2. The molecule has 0 atom stereocenters. The Hall–Kier alpha value is -1.70. The van der Waals surface area contributed by atoms with Gasteiger partial charge in [0.15, 0.2) is 0 Å². The van der Waals surface area contributed by atoms with Crippen molar-refractivity contribution in [2.45, 2.75) is 18.7 Å². The van der Waals surface area contributed by atoms with Crippen molar-refractivity contribution in [1.82, 2.24) is 4.31 Å². The molecule has 2 aromatic carbocycles. The smallest absolute Gasteiger partial charge is 0.255 e. The summed E-state index contributed by atoms with van der Waals surface area (Å²) >= 11 is 3.34. The van der Waals surface area contributed by atoms with E-state index in [-0.39, 0.29) is 10.8 Å². The van der Waals surface area contributed by atoms with Gasteiger partial charge in [-0.1, -0.05) is 41.9 Å². The van der Waals surface area contributed by atoms with E-state index in [9.17, 15) is 13.2 Å². The molecule has 0 aromatic heterocycles. The van der Waals surface area contributed by atoms with Crippen molar-refractivity contribution in [3.8, 4) is 0 Å². The van der Waals surface area contributed by atoms with Crippen molar-refractivity contribution >= 4 is 37.5 Å². The third kappa shape index (κ3) is 4.23. The number of rotatable bonds is 6. The molecule has 0 aliphatic rings. The van der Waals surface area contributed by atoms with Crippen LogP contribution < -0.4 is 5.32 Å². The quantitative estimate of drug-likeness (QED) is 0.788. The molecule has 0 spiro atoms. The lowest BCUT2D eigenvalue weighted by Crippen LogP contribution is -2.30. The molecule has 2 rings (SSSR count). The molecule has 0 saturated carbocycles. The van der Waals surface area contributed by atoms with Crippen LogP contribution in [-0.4, -0.2) is 31.7 Å². The molecule has 5 nitrogen and oxygen atoms in total. The fourth-order valence-electron chi connectivity index (χ4n) is 2.28. The van der Waals surface area contributed by atoms with Crippen molar-refractivity contribution in [2.24, 2.45) is 0 Å². The van der Waals surface area contributed by atoms with Gasteiger partial charge in [0.05, 0.1) is 4.90 Å². The summed E-state index contributed by atoms with van der Waals surface area (Å²) in [5, 5.41) is 2.76. The summed E-state index contributed by atoms with van der Waals surface area (Å²) in [5.74, 6) is -0.357. The van der Waals surface area contributed by atoms with Gasteiger partial charge in [-0.2, -0.15) is 4.31 Å². The maximum absolute atomic E-state index is 12.6. The van der Waals surface area contributed by atoms with Crippen LogP contribution >= 0.6 is 15.9 Å². The molecule has 0 saturated heterocycles. The van der Waals surface area contributed by atoms with Crippen LogP contribution in [0.25, 0.3) is 0 Å². The highest BCUT2D eigenvalue weighted by Crippen LogP contribution is 2.19. The first-order valence-electron chi connectivity index (χ1n) is 7.55. The summed E-state index contributed by atoms with van der Waals surface area (Å²) in [6.45, 7) is 4.33. The number of nitrogens with one attached hydrogen (secondary N) is 1. The normalized spacial score (nSPS) is 11.5. The number of halogens is 1. The SMILES string of the molecule is CCN(CC)S(=O)(=O)c1cccc(C(=O)Nc2cccc(Br)c2)c1. The molecule has 24 heavy (non-hydrogen) atoms. The van der Waals surface area contributed by atoms with E-state index in [2.05, 4.69) is 21.2 Å². The summed E-state index contributed by atoms with van der Waals surface area (Å²) in [4.78, 5) is 12.5. The van der Waals surface area contributed by atoms with Crippen molar-refractivity contribution in [1.29, 1.82) is 0 Å². The van der Waals surface area contributed by atoms with Gasteiger partial charge in [0.25, 0.3) is 5.91 Å². The van der Waals surface area contributed by atoms with Gasteiger partial charge in [-0.05, 0) is 36.4 Å². The zero-order chi connectivity index (χ0) is 17.7. The first-order chi connectivity index (χ1) is 11.4. The highest BCUT2D eigenvalue weighted by molar-refractivity contribution is 9.10. The van der Waals surface area contributed by atoms with Crippen molar-refractivity contribution < 1.29 is 13.2 Å². The molecule has 1 N–H and O–H groups in total. The highest BCUT2D eigenvalue weighted by atomic mass is 79.9. The van der Waals surface area contributed by atoms with E-state index in [4.69, 9.17) is 0 Å². The highest BCUT2D eigenvalue weighted by Gasteiger charge is 2.22. The number of hydrogen-bond acceptors (Lipinski definition) is 3. The zero-order valence-corrected chi connectivity index (χ0v) is 15.9. The third-order valence-corrected chi connectivity index (χ3v) is 6.06. The van der Waals surface area contributed by atoms with Gasteiger partial charge in [-0.3, -0.25) is 4.79 Å². The van der Waals surface area contributed by atoms with E-state index in [1.54, 1.807) is 44.2 Å². The number of sulfonamides is 1. The van der Waals surface area contributed by atoms with Crippen LogP contribution in [0.15, 0.2) is 57.9 Å². The molecule has 128 valence electrons. The molecule has 0 fully saturated rings. The van der Waals surface area contributed by atoms with Crippen LogP contribution in [0.2, 0.25) is 0 Å². The number of anilines is 1. The summed E-state index contributed by atoms with van der Waals surface area (Å²) in [7, 11) is -3.59. The van der Waals surface area contributed by atoms with E-state index in [1.807, 2.05) is 6.07 Å². The molecule has 7 heteroatoms. The lowest BCUT2D eigenvalue weighted by atomic mass is 10.2. The van der Waals surface area contributed by atoms with E-state index < -0.39 is 10.0 Å². The molecular weight excluding hydrogens is 392 g/mol. The van der Waals surface area contributed by atoms with E-state index in [0.29, 0.717) is 24.3 Å². The molecule has 0 bridgehead atoms. The zero-order valence-electron chi connectivity index (χ0n) is 13.5. The average Bonchev–Trinajstić information content (AvgIpc) is 2.56. The first-order valence-corrected chi connectivity index (χ1v) is 9.79. The van der Waals surface area contributed by atoms with Crippen LogP contribution in [0.3, 0.4) is 0 Å². The Balaban J connectivity index is 2.28. The van der Waals surface area contributed by atoms with Crippen LogP contribution in [0.5, 0.6) is 0 Å². The second kappa shape index (κ2) is 7.92. The predicted octanol–water partition coefficient (Wildman–Crippen LogP) is 3.73. The molecule has 0 aliphatic heterocycles. The Labute approximate surface area is 150 Å². The minimum absolute atomic E-state index is 0.119. The predicted molar refractivity (Wildman–Crippen MR) is 98.6 cm³/mol. The van der Waals surface area contributed by atoms with E-state index in [1.165, 1.54) is 16.4 Å². The van der Waals surface area contributed by atoms with Gasteiger partial charge in [0.2, 0.25) is 10.0 Å². The Kier molecular flexibility index (Phi) is 6.15. The Bertz CT molecular complexity index is 833. The summed E-state index contributed by atoms with van der Waals surface area (Å²) in [6, 6.07) is 13.3. The van der Waals surface area contributed by atoms with Crippen LogP contribution in [0.4, 0.5) is 5.69 Å². The summed E-state index contributed by atoms with van der Waals surface area (Å²) in [6.07, 6.45) is 0. The molecule has 0 radical (unpaired) electrons. The minimum atomic E-state index is -3.59. The lowest BCUT2D eigenvalue weighted by Gasteiger charge is -2.18. The van der Waals surface area contributed by atoms with Gasteiger partial charge in [-0.25, -0.2) is 8.42 Å². The van der Waals surface area contributed by atoms with Crippen LogP contribution in [0.1, 0.15) is 24.2 Å². The van der Waals surface area contributed by atoms with Gasteiger partial charge in [0, 0.05) is 28.8 Å². The number of amides is 1. The molecule has 1 amide bonds. The molecule has 2 aromatic rings. The number of nitrogens with zero attached hydrogens (tertiary/aromatic N) is 1. The second-order valence-electron chi connectivity index (χ2n) is 5.08. The van der Waals surface area contributed by atoms with Gasteiger partial charge in [0.1, 0.15) is 0 Å². The van der Waals surface area contributed by atoms with Gasteiger partial charge < -0.3 is 5.32 Å². The van der Waals surface area contributed by atoms with Crippen LogP contribution in [0, 0.1) is 0 Å². The molecule has 0 heterocycles. The standard InChI is InChI=1S/C17H19BrN2O3S/c1-3-20(4-2)24(22,23)16-10-5-7-13(11-16)17(21)19-15-9-6-8-14(18)12-15/h5-12H,3-4H2,1-2H3,(H,19,21). The Morgan fingerprint density at radius 2 is 1.75 bits per heavy atom.